The lowest BCUT2D eigenvalue weighted by Gasteiger charge is -2.30. The Morgan fingerprint density at radius 1 is 1.19 bits per heavy atom. The minimum absolute atomic E-state index is 0.0271. The molecule has 1 atom stereocenters. The van der Waals surface area contributed by atoms with Crippen molar-refractivity contribution in [3.63, 3.8) is 0 Å². The highest BCUT2D eigenvalue weighted by molar-refractivity contribution is 7.09. The quantitative estimate of drug-likeness (QED) is 0.399. The lowest BCUT2D eigenvalue weighted by Crippen LogP contribution is -2.45. The Bertz CT molecular complexity index is 1250. The molecule has 0 spiro atoms. The third-order valence-corrected chi connectivity index (χ3v) is 7.07. The maximum atomic E-state index is 13.9. The van der Waals surface area contributed by atoms with Gasteiger partial charge in [0, 0.05) is 12.6 Å². The third-order valence-electron chi connectivity index (χ3n) is 6.22. The number of anilines is 1. The molecule has 0 radical (unpaired) electrons. The zero-order chi connectivity index (χ0) is 25.8. The smallest absolute Gasteiger partial charge is 0.270 e. The fourth-order valence-corrected chi connectivity index (χ4v) is 5.10. The summed E-state index contributed by atoms with van der Waals surface area (Å²) in [6.07, 6.45) is 3.84. The molecule has 3 amide bonds. The molecular formula is C25H29N5O5S. The minimum Gasteiger partial charge on any atom is -0.497 e. The summed E-state index contributed by atoms with van der Waals surface area (Å²) in [4.78, 5) is 40.7. The van der Waals surface area contributed by atoms with E-state index in [1.165, 1.54) is 4.90 Å². The van der Waals surface area contributed by atoms with Crippen molar-refractivity contribution in [3.8, 4) is 5.75 Å². The van der Waals surface area contributed by atoms with E-state index in [4.69, 9.17) is 20.6 Å². The number of amides is 3. The van der Waals surface area contributed by atoms with Crippen LogP contribution >= 0.6 is 11.5 Å². The Kier molecular flexibility index (Phi) is 7.58. The zero-order valence-corrected chi connectivity index (χ0v) is 21.0. The first kappa shape index (κ1) is 25.2. The summed E-state index contributed by atoms with van der Waals surface area (Å²) >= 11 is 0.771. The van der Waals surface area contributed by atoms with Gasteiger partial charge in [-0.1, -0.05) is 25.0 Å². The molecule has 36 heavy (non-hydrogen) atoms. The topological polar surface area (TPSA) is 154 Å². The Morgan fingerprint density at radius 2 is 1.89 bits per heavy atom. The summed E-state index contributed by atoms with van der Waals surface area (Å²) in [7, 11) is 1.57. The van der Waals surface area contributed by atoms with Gasteiger partial charge in [-0.15, -0.1) is 0 Å². The van der Waals surface area contributed by atoms with E-state index in [1.807, 2.05) is 12.1 Å². The minimum atomic E-state index is -1.08. The molecule has 1 saturated carbocycles. The van der Waals surface area contributed by atoms with Gasteiger partial charge >= 0.3 is 0 Å². The molecule has 2 heterocycles. The highest BCUT2D eigenvalue weighted by Gasteiger charge is 2.37. The molecule has 0 saturated heterocycles. The molecule has 2 aromatic heterocycles. The van der Waals surface area contributed by atoms with Crippen molar-refractivity contribution in [1.29, 1.82) is 0 Å². The number of benzene rings is 1. The van der Waals surface area contributed by atoms with Crippen molar-refractivity contribution in [1.82, 2.24) is 14.6 Å². The van der Waals surface area contributed by atoms with Gasteiger partial charge in [-0.25, -0.2) is 0 Å². The fraction of sp³-hybridized carbons (Fsp3) is 0.360. The second-order valence-corrected chi connectivity index (χ2v) is 9.53. The van der Waals surface area contributed by atoms with E-state index in [0.717, 1.165) is 42.8 Å². The van der Waals surface area contributed by atoms with E-state index >= 15 is 0 Å². The number of primary amides is 1. The number of furan rings is 1. The van der Waals surface area contributed by atoms with Crippen LogP contribution in [0.4, 0.5) is 5.69 Å². The first-order chi connectivity index (χ1) is 17.3. The Hall–Kier alpha value is -3.86. The van der Waals surface area contributed by atoms with Gasteiger partial charge in [0.2, 0.25) is 0 Å². The van der Waals surface area contributed by atoms with Crippen molar-refractivity contribution in [2.75, 3.05) is 12.8 Å². The maximum Gasteiger partial charge on any atom is 0.270 e. The molecule has 3 aromatic rings. The molecule has 1 aromatic carbocycles. The molecule has 1 aliphatic rings. The number of rotatable bonds is 9. The molecule has 0 aliphatic heterocycles. The Morgan fingerprint density at radius 3 is 2.44 bits per heavy atom. The van der Waals surface area contributed by atoms with E-state index in [2.05, 4.69) is 9.69 Å². The van der Waals surface area contributed by atoms with E-state index < -0.39 is 17.9 Å². The van der Waals surface area contributed by atoms with Gasteiger partial charge in [0.1, 0.15) is 22.1 Å². The normalized spacial score (nSPS) is 14.4. The molecule has 11 heteroatoms. The molecule has 1 fully saturated rings. The fourth-order valence-electron chi connectivity index (χ4n) is 4.34. The number of carbonyl (C=O) groups is 3. The van der Waals surface area contributed by atoms with Crippen LogP contribution in [0.25, 0.3) is 0 Å². The standard InChI is InChI=1S/C25H29N5O5S/c1-14-7-12-18(35-14)21(24(32)28-16-5-3-4-6-16)30(13-15-8-10-17(34-2)11-9-15)25(33)22-19(26)20(23(27)31)29-36-22/h7-12,16,21H,3-6,13,26H2,1-2H3,(H2,27,31)(H,28,32)/t21-/m1/s1. The average molecular weight is 512 g/mol. The van der Waals surface area contributed by atoms with E-state index in [0.29, 0.717) is 17.3 Å². The van der Waals surface area contributed by atoms with Gasteiger partial charge in [0.25, 0.3) is 17.7 Å². The van der Waals surface area contributed by atoms with Crippen LogP contribution in [0.3, 0.4) is 0 Å². The van der Waals surface area contributed by atoms with Crippen molar-refractivity contribution in [3.05, 3.63) is 64.1 Å². The zero-order valence-electron chi connectivity index (χ0n) is 20.2. The Labute approximate surface area is 212 Å². The van der Waals surface area contributed by atoms with Crippen molar-refractivity contribution >= 4 is 34.9 Å². The summed E-state index contributed by atoms with van der Waals surface area (Å²) in [6, 6.07) is 9.55. The predicted octanol–water partition coefficient (Wildman–Crippen LogP) is 3.18. The molecule has 0 bridgehead atoms. The average Bonchev–Trinajstić information content (AvgIpc) is 3.60. The number of nitrogen functional groups attached to an aromatic ring is 1. The number of carbonyl (C=O) groups excluding carboxylic acids is 3. The molecule has 10 nitrogen and oxygen atoms in total. The number of ether oxygens (including phenoxy) is 1. The highest BCUT2D eigenvalue weighted by atomic mass is 32.1. The second kappa shape index (κ2) is 10.8. The van der Waals surface area contributed by atoms with Crippen molar-refractivity contribution in [2.24, 2.45) is 5.73 Å². The van der Waals surface area contributed by atoms with Crippen molar-refractivity contribution in [2.45, 2.75) is 51.2 Å². The van der Waals surface area contributed by atoms with E-state index in [-0.39, 0.29) is 34.8 Å². The molecule has 190 valence electrons. The lowest BCUT2D eigenvalue weighted by atomic mass is 10.1. The molecular weight excluding hydrogens is 482 g/mol. The van der Waals surface area contributed by atoms with Crippen LogP contribution < -0.4 is 21.5 Å². The van der Waals surface area contributed by atoms with Crippen LogP contribution in [-0.4, -0.2) is 40.1 Å². The number of nitrogens with zero attached hydrogens (tertiary/aromatic N) is 2. The molecule has 0 unspecified atom stereocenters. The number of methoxy groups -OCH3 is 1. The van der Waals surface area contributed by atoms with E-state index in [9.17, 15) is 14.4 Å². The van der Waals surface area contributed by atoms with Gasteiger partial charge in [-0.05, 0) is 61.1 Å². The number of aromatic nitrogens is 1. The van der Waals surface area contributed by atoms with Gasteiger partial charge < -0.3 is 30.8 Å². The van der Waals surface area contributed by atoms with Gasteiger partial charge in [0.15, 0.2) is 11.7 Å². The predicted molar refractivity (Wildman–Crippen MR) is 134 cm³/mol. The largest absolute Gasteiger partial charge is 0.497 e. The first-order valence-electron chi connectivity index (χ1n) is 11.6. The van der Waals surface area contributed by atoms with E-state index in [1.54, 1.807) is 38.3 Å². The summed E-state index contributed by atoms with van der Waals surface area (Å²) < 4.78 is 15.1. The third kappa shape index (κ3) is 5.35. The first-order valence-corrected chi connectivity index (χ1v) is 12.4. The summed E-state index contributed by atoms with van der Waals surface area (Å²) in [5.74, 6) is -0.157. The monoisotopic (exact) mass is 511 g/mol. The summed E-state index contributed by atoms with van der Waals surface area (Å²) in [5, 5.41) is 3.09. The summed E-state index contributed by atoms with van der Waals surface area (Å²) in [5.41, 5.74) is 11.9. The van der Waals surface area contributed by atoms with Crippen LogP contribution in [0.2, 0.25) is 0 Å². The number of nitrogens with one attached hydrogen (secondary N) is 1. The summed E-state index contributed by atoms with van der Waals surface area (Å²) in [6.45, 7) is 1.83. The van der Waals surface area contributed by atoms with Crippen LogP contribution in [0.1, 0.15) is 69.0 Å². The number of aryl methyl sites for hydroxylation is 1. The van der Waals surface area contributed by atoms with Crippen LogP contribution in [0.15, 0.2) is 40.8 Å². The SMILES string of the molecule is COc1ccc(CN(C(=O)c2snc(C(N)=O)c2N)[C@@H](C(=O)NC2CCCC2)c2ccc(C)o2)cc1. The lowest BCUT2D eigenvalue weighted by molar-refractivity contribution is -0.127. The van der Waals surface area contributed by atoms with Crippen LogP contribution in [0.5, 0.6) is 5.75 Å². The van der Waals surface area contributed by atoms with Crippen molar-refractivity contribution < 1.29 is 23.5 Å². The molecule has 4 rings (SSSR count). The molecule has 1 aliphatic carbocycles. The number of hydrogen-bond acceptors (Lipinski definition) is 8. The van der Waals surface area contributed by atoms with Crippen LogP contribution in [0, 0.1) is 6.92 Å². The number of hydrogen-bond donors (Lipinski definition) is 3. The highest BCUT2D eigenvalue weighted by Crippen LogP contribution is 2.32. The van der Waals surface area contributed by atoms with Gasteiger partial charge in [0.05, 0.1) is 12.8 Å². The van der Waals surface area contributed by atoms with Gasteiger partial charge in [-0.2, -0.15) is 4.37 Å². The van der Waals surface area contributed by atoms with Gasteiger partial charge in [-0.3, -0.25) is 14.4 Å². The maximum absolute atomic E-state index is 13.9. The van der Waals surface area contributed by atoms with Crippen LogP contribution in [-0.2, 0) is 11.3 Å². The Balaban J connectivity index is 1.76. The molecule has 5 N–H and O–H groups in total. The number of nitrogens with two attached hydrogens (primary N) is 2. The second-order valence-electron chi connectivity index (χ2n) is 8.76.